The highest BCUT2D eigenvalue weighted by Crippen LogP contribution is 2.17. The van der Waals surface area contributed by atoms with Crippen molar-refractivity contribution < 1.29 is 32.2 Å². The van der Waals surface area contributed by atoms with E-state index in [9.17, 15) is 22.8 Å². The molecule has 5 nitrogen and oxygen atoms in total. The molecule has 0 aliphatic carbocycles. The van der Waals surface area contributed by atoms with Gasteiger partial charge >= 0.3 is 18.1 Å². The zero-order valence-corrected chi connectivity index (χ0v) is 16.9. The zero-order valence-electron chi connectivity index (χ0n) is 16.9. The summed E-state index contributed by atoms with van der Waals surface area (Å²) >= 11 is 0. The van der Waals surface area contributed by atoms with E-state index >= 15 is 0 Å². The minimum atomic E-state index is -5.16. The molecule has 0 aromatic heterocycles. The summed E-state index contributed by atoms with van der Waals surface area (Å²) in [5.74, 6) is -2.86. The highest BCUT2D eigenvalue weighted by atomic mass is 19.4. The Morgan fingerprint density at radius 1 is 0.966 bits per heavy atom. The van der Waals surface area contributed by atoms with Crippen LogP contribution in [-0.2, 0) is 20.7 Å². The molecule has 0 saturated heterocycles. The van der Waals surface area contributed by atoms with Gasteiger partial charge in [0.05, 0.1) is 13.0 Å². The molecule has 1 aromatic carbocycles. The number of hydrogen-bond donors (Lipinski definition) is 1. The lowest BCUT2D eigenvalue weighted by Crippen LogP contribution is -2.29. The standard InChI is InChI=1S/C21H30F3NO4/c1-2-3-4-5-6-7-16-28-18-10-8-17(9-11-18)12-14-25-15-13-19(26)29-20(27)21(22,23)24/h8-11,25H,2-7,12-16H2,1H3. The maximum absolute atomic E-state index is 12.0. The molecule has 1 N–H and O–H groups in total. The van der Waals surface area contributed by atoms with Crippen molar-refractivity contribution in [1.82, 2.24) is 5.32 Å². The van der Waals surface area contributed by atoms with Crippen LogP contribution >= 0.6 is 0 Å². The maximum atomic E-state index is 12.0. The number of benzene rings is 1. The first-order valence-electron chi connectivity index (χ1n) is 10.1. The fraction of sp³-hybridized carbons (Fsp3) is 0.619. The Morgan fingerprint density at radius 2 is 1.62 bits per heavy atom. The smallest absolute Gasteiger partial charge is 0.491 e. The minimum absolute atomic E-state index is 0.128. The molecule has 0 bridgehead atoms. The van der Waals surface area contributed by atoms with Gasteiger partial charge in [-0.2, -0.15) is 13.2 Å². The van der Waals surface area contributed by atoms with Crippen LogP contribution in [0.25, 0.3) is 0 Å². The normalized spacial score (nSPS) is 11.3. The molecule has 0 heterocycles. The molecule has 1 rings (SSSR count). The topological polar surface area (TPSA) is 64.6 Å². The fourth-order valence-corrected chi connectivity index (χ4v) is 2.59. The van der Waals surface area contributed by atoms with Gasteiger partial charge in [-0.15, -0.1) is 0 Å². The highest BCUT2D eigenvalue weighted by Gasteiger charge is 2.42. The summed E-state index contributed by atoms with van der Waals surface area (Å²) in [5.41, 5.74) is 1.07. The first-order valence-corrected chi connectivity index (χ1v) is 10.1. The number of carbonyl (C=O) groups excluding carboxylic acids is 2. The number of rotatable bonds is 14. The molecular weight excluding hydrogens is 387 g/mol. The molecule has 0 saturated carbocycles. The second-order valence-corrected chi connectivity index (χ2v) is 6.77. The lowest BCUT2D eigenvalue weighted by Gasteiger charge is -2.08. The van der Waals surface area contributed by atoms with E-state index in [2.05, 4.69) is 17.0 Å². The number of alkyl halides is 3. The summed E-state index contributed by atoms with van der Waals surface area (Å²) in [5, 5.41) is 2.93. The van der Waals surface area contributed by atoms with Crippen molar-refractivity contribution in [2.75, 3.05) is 19.7 Å². The van der Waals surface area contributed by atoms with Crippen LogP contribution in [0.2, 0.25) is 0 Å². The molecule has 0 atom stereocenters. The van der Waals surface area contributed by atoms with Crippen molar-refractivity contribution in [2.24, 2.45) is 0 Å². The van der Waals surface area contributed by atoms with Crippen LogP contribution in [0.1, 0.15) is 57.4 Å². The van der Waals surface area contributed by atoms with E-state index in [4.69, 9.17) is 4.74 Å². The summed E-state index contributed by atoms with van der Waals surface area (Å²) in [7, 11) is 0. The highest BCUT2D eigenvalue weighted by molar-refractivity contribution is 5.88. The van der Waals surface area contributed by atoms with Crippen LogP contribution in [0.5, 0.6) is 5.75 Å². The Labute approximate surface area is 170 Å². The quantitative estimate of drug-likeness (QED) is 0.273. The van der Waals surface area contributed by atoms with Crippen LogP contribution in [0.4, 0.5) is 13.2 Å². The SMILES string of the molecule is CCCCCCCCOc1ccc(CCNCCC(=O)OC(=O)C(F)(F)F)cc1. The molecule has 164 valence electrons. The van der Waals surface area contributed by atoms with E-state index in [0.29, 0.717) is 19.6 Å². The van der Waals surface area contributed by atoms with E-state index in [1.54, 1.807) is 0 Å². The first-order chi connectivity index (χ1) is 13.8. The number of hydrogen-bond acceptors (Lipinski definition) is 5. The van der Waals surface area contributed by atoms with Crippen molar-refractivity contribution in [1.29, 1.82) is 0 Å². The van der Waals surface area contributed by atoms with Crippen LogP contribution in [0, 0.1) is 0 Å². The molecule has 8 heteroatoms. The Kier molecular flexibility index (Phi) is 12.0. The maximum Gasteiger partial charge on any atom is 0.491 e. The Balaban J connectivity index is 2.11. The number of halogens is 3. The zero-order chi connectivity index (χ0) is 21.5. The molecule has 0 aliphatic rings. The molecule has 0 fully saturated rings. The van der Waals surface area contributed by atoms with Crippen molar-refractivity contribution >= 4 is 11.9 Å². The summed E-state index contributed by atoms with van der Waals surface area (Å²) in [6.45, 7) is 3.58. The average Bonchev–Trinajstić information content (AvgIpc) is 2.67. The fourth-order valence-electron chi connectivity index (χ4n) is 2.59. The predicted octanol–water partition coefficient (Wildman–Crippen LogP) is 4.58. The van der Waals surface area contributed by atoms with Gasteiger partial charge in [0.25, 0.3) is 0 Å². The third-order valence-corrected chi connectivity index (χ3v) is 4.22. The number of nitrogens with one attached hydrogen (secondary N) is 1. The molecule has 0 radical (unpaired) electrons. The number of ether oxygens (including phenoxy) is 2. The van der Waals surface area contributed by atoms with Gasteiger partial charge in [-0.1, -0.05) is 51.2 Å². The second-order valence-electron chi connectivity index (χ2n) is 6.77. The number of esters is 2. The van der Waals surface area contributed by atoms with Gasteiger partial charge in [0.15, 0.2) is 0 Å². The van der Waals surface area contributed by atoms with Crippen molar-refractivity contribution in [2.45, 2.75) is 64.5 Å². The molecular formula is C21H30F3NO4. The lowest BCUT2D eigenvalue weighted by atomic mass is 10.1. The predicted molar refractivity (Wildman–Crippen MR) is 104 cm³/mol. The average molecular weight is 417 g/mol. The Bertz CT molecular complexity index is 603. The van der Waals surface area contributed by atoms with Crippen LogP contribution in [0.3, 0.4) is 0 Å². The van der Waals surface area contributed by atoms with Crippen molar-refractivity contribution in [3.63, 3.8) is 0 Å². The van der Waals surface area contributed by atoms with Gasteiger partial charge in [-0.25, -0.2) is 4.79 Å². The van der Waals surface area contributed by atoms with E-state index in [-0.39, 0.29) is 13.0 Å². The van der Waals surface area contributed by atoms with Crippen molar-refractivity contribution in [3.8, 4) is 5.75 Å². The molecule has 0 amide bonds. The molecule has 0 spiro atoms. The van der Waals surface area contributed by atoms with Crippen molar-refractivity contribution in [3.05, 3.63) is 29.8 Å². The summed E-state index contributed by atoms with van der Waals surface area (Å²) in [6.07, 6.45) is 2.52. The van der Waals surface area contributed by atoms with Crippen LogP contribution < -0.4 is 10.1 Å². The summed E-state index contributed by atoms with van der Waals surface area (Å²) in [4.78, 5) is 21.7. The monoisotopic (exact) mass is 417 g/mol. The lowest BCUT2D eigenvalue weighted by molar-refractivity contribution is -0.201. The number of unbranched alkanes of at least 4 members (excludes halogenated alkanes) is 5. The van der Waals surface area contributed by atoms with E-state index in [1.165, 1.54) is 32.1 Å². The van der Waals surface area contributed by atoms with Gasteiger partial charge in [-0.3, -0.25) is 4.79 Å². The van der Waals surface area contributed by atoms with Gasteiger partial charge in [0.2, 0.25) is 0 Å². The Morgan fingerprint density at radius 3 is 2.28 bits per heavy atom. The molecule has 0 aliphatic heterocycles. The second kappa shape index (κ2) is 14.0. The van der Waals surface area contributed by atoms with Crippen LogP contribution in [-0.4, -0.2) is 37.8 Å². The Hall–Kier alpha value is -2.09. The molecule has 1 aromatic rings. The summed E-state index contributed by atoms with van der Waals surface area (Å²) in [6, 6.07) is 7.72. The van der Waals surface area contributed by atoms with Gasteiger partial charge in [0, 0.05) is 6.54 Å². The summed E-state index contributed by atoms with van der Waals surface area (Å²) < 4.78 is 45.3. The van der Waals surface area contributed by atoms with Gasteiger partial charge in [0.1, 0.15) is 5.75 Å². The molecule has 0 unspecified atom stereocenters. The number of carbonyl (C=O) groups is 2. The minimum Gasteiger partial charge on any atom is -0.494 e. The van der Waals surface area contributed by atoms with E-state index in [1.807, 2.05) is 24.3 Å². The largest absolute Gasteiger partial charge is 0.494 e. The third-order valence-electron chi connectivity index (χ3n) is 4.22. The van der Waals surface area contributed by atoms with Crippen LogP contribution in [0.15, 0.2) is 24.3 Å². The first kappa shape index (κ1) is 24.9. The van der Waals surface area contributed by atoms with E-state index in [0.717, 1.165) is 17.7 Å². The third kappa shape index (κ3) is 12.2. The van der Waals surface area contributed by atoms with Gasteiger partial charge in [-0.05, 0) is 37.1 Å². The van der Waals surface area contributed by atoms with Gasteiger partial charge < -0.3 is 14.8 Å². The molecule has 29 heavy (non-hydrogen) atoms. The van der Waals surface area contributed by atoms with E-state index < -0.39 is 18.1 Å².